The van der Waals surface area contributed by atoms with Crippen LogP contribution in [0.25, 0.3) is 0 Å². The van der Waals surface area contributed by atoms with E-state index in [-0.39, 0.29) is 22.4 Å². The topological polar surface area (TPSA) is 90.6 Å². The van der Waals surface area contributed by atoms with Crippen LogP contribution >= 0.6 is 23.4 Å². The van der Waals surface area contributed by atoms with Crippen molar-refractivity contribution in [3.05, 3.63) is 28.8 Å². The van der Waals surface area contributed by atoms with E-state index in [9.17, 15) is 26.4 Å². The zero-order valence-electron chi connectivity index (χ0n) is 13.4. The molecule has 0 bridgehead atoms. The summed E-state index contributed by atoms with van der Waals surface area (Å²) in [6, 6.07) is 4.18. The van der Waals surface area contributed by atoms with Crippen molar-refractivity contribution in [1.29, 1.82) is 5.26 Å². The molecule has 12 heteroatoms. The Labute approximate surface area is 161 Å². The van der Waals surface area contributed by atoms with Crippen molar-refractivity contribution >= 4 is 50.0 Å². The standard InChI is InChI=1S/C15H11ClF3N3O3S2/c16-10-2-1-8(5-9(10)15(17,18)19)22-11-6-27(24,25)7-12(11)26-14(22)21-13(23)3-4-20/h1-2,5,11-12H,3,6-7H2/t11-,12+/m0/s1. The largest absolute Gasteiger partial charge is 0.417 e. The molecular formula is C15H11ClF3N3O3S2. The molecule has 0 aromatic heterocycles. The van der Waals surface area contributed by atoms with Crippen LogP contribution < -0.4 is 4.90 Å². The summed E-state index contributed by atoms with van der Waals surface area (Å²) < 4.78 is 63.5. The molecule has 3 rings (SSSR count). The maximum absolute atomic E-state index is 13.2. The predicted octanol–water partition coefficient (Wildman–Crippen LogP) is 2.87. The zero-order valence-corrected chi connectivity index (χ0v) is 15.8. The number of hydrogen-bond acceptors (Lipinski definition) is 5. The van der Waals surface area contributed by atoms with Gasteiger partial charge in [0.05, 0.1) is 34.2 Å². The highest BCUT2D eigenvalue weighted by molar-refractivity contribution is 8.16. The molecule has 2 aliphatic heterocycles. The first-order valence-corrected chi connectivity index (χ1v) is 10.6. The summed E-state index contributed by atoms with van der Waals surface area (Å²) in [5.41, 5.74) is -1.04. The molecule has 0 radical (unpaired) electrons. The first kappa shape index (κ1) is 20.0. The van der Waals surface area contributed by atoms with E-state index in [0.717, 1.165) is 23.9 Å². The van der Waals surface area contributed by atoms with Crippen LogP contribution in [0.1, 0.15) is 12.0 Å². The number of amidine groups is 1. The molecule has 1 aromatic carbocycles. The van der Waals surface area contributed by atoms with Crippen LogP contribution in [0, 0.1) is 11.3 Å². The molecular weight excluding hydrogens is 427 g/mol. The Morgan fingerprint density at radius 1 is 1.41 bits per heavy atom. The predicted molar refractivity (Wildman–Crippen MR) is 95.4 cm³/mol. The Morgan fingerprint density at radius 2 is 2.11 bits per heavy atom. The van der Waals surface area contributed by atoms with Gasteiger partial charge in [-0.3, -0.25) is 4.79 Å². The Hall–Kier alpha value is -1.77. The molecule has 0 saturated carbocycles. The molecule has 1 amide bonds. The van der Waals surface area contributed by atoms with E-state index in [1.807, 2.05) is 0 Å². The number of anilines is 1. The second-order valence-electron chi connectivity index (χ2n) is 5.96. The van der Waals surface area contributed by atoms with Crippen molar-refractivity contribution in [3.8, 4) is 6.07 Å². The van der Waals surface area contributed by atoms with Gasteiger partial charge in [0.1, 0.15) is 6.42 Å². The number of alkyl halides is 3. The average Bonchev–Trinajstić information content (AvgIpc) is 2.98. The summed E-state index contributed by atoms with van der Waals surface area (Å²) in [6.45, 7) is 0. The molecule has 0 N–H and O–H groups in total. The Morgan fingerprint density at radius 3 is 2.74 bits per heavy atom. The molecule has 27 heavy (non-hydrogen) atoms. The van der Waals surface area contributed by atoms with E-state index in [0.29, 0.717) is 0 Å². The van der Waals surface area contributed by atoms with Gasteiger partial charge in [0.25, 0.3) is 5.91 Å². The molecule has 2 saturated heterocycles. The third-order valence-electron chi connectivity index (χ3n) is 4.05. The number of thioether (sulfide) groups is 1. The average molecular weight is 438 g/mol. The molecule has 1 aromatic rings. The van der Waals surface area contributed by atoms with E-state index in [2.05, 4.69) is 4.99 Å². The van der Waals surface area contributed by atoms with E-state index in [1.165, 1.54) is 11.0 Å². The van der Waals surface area contributed by atoms with E-state index in [1.54, 1.807) is 6.07 Å². The van der Waals surface area contributed by atoms with Gasteiger partial charge in [-0.1, -0.05) is 23.4 Å². The highest BCUT2D eigenvalue weighted by Gasteiger charge is 2.49. The minimum Gasteiger partial charge on any atom is -0.316 e. The molecule has 6 nitrogen and oxygen atoms in total. The third-order valence-corrected chi connectivity index (χ3v) is 7.59. The van der Waals surface area contributed by atoms with Crippen molar-refractivity contribution < 1.29 is 26.4 Å². The van der Waals surface area contributed by atoms with E-state index >= 15 is 0 Å². The summed E-state index contributed by atoms with van der Waals surface area (Å²) in [5.74, 6) is -1.18. The molecule has 0 unspecified atom stereocenters. The Kier molecular flexibility index (Phi) is 5.18. The third kappa shape index (κ3) is 4.07. The number of sulfone groups is 1. The fourth-order valence-electron chi connectivity index (χ4n) is 2.96. The lowest BCUT2D eigenvalue weighted by molar-refractivity contribution is -0.137. The van der Waals surface area contributed by atoms with Crippen LogP contribution in [-0.2, 0) is 20.8 Å². The van der Waals surface area contributed by atoms with Crippen LogP contribution in [0.3, 0.4) is 0 Å². The van der Waals surface area contributed by atoms with Gasteiger partial charge >= 0.3 is 6.18 Å². The van der Waals surface area contributed by atoms with Gasteiger partial charge in [0.15, 0.2) is 15.0 Å². The van der Waals surface area contributed by atoms with Gasteiger partial charge in [-0.15, -0.1) is 0 Å². The van der Waals surface area contributed by atoms with E-state index < -0.39 is 50.2 Å². The minimum atomic E-state index is -4.70. The van der Waals surface area contributed by atoms with Gasteiger partial charge < -0.3 is 4.90 Å². The molecule has 2 heterocycles. The smallest absolute Gasteiger partial charge is 0.316 e. The number of amides is 1. The maximum atomic E-state index is 13.2. The molecule has 0 spiro atoms. The molecule has 2 atom stereocenters. The number of fused-ring (bicyclic) bond motifs is 1. The molecule has 0 aliphatic carbocycles. The lowest BCUT2D eigenvalue weighted by Gasteiger charge is -2.25. The van der Waals surface area contributed by atoms with Crippen LogP contribution in [-0.4, -0.2) is 42.3 Å². The Bertz CT molecular complexity index is 973. The quantitative estimate of drug-likeness (QED) is 0.706. The highest BCUT2D eigenvalue weighted by Crippen LogP contribution is 2.43. The van der Waals surface area contributed by atoms with Gasteiger partial charge in [-0.2, -0.15) is 23.4 Å². The minimum absolute atomic E-state index is 0.0346. The van der Waals surface area contributed by atoms with Crippen molar-refractivity contribution in [2.24, 2.45) is 4.99 Å². The van der Waals surface area contributed by atoms with Crippen molar-refractivity contribution in [1.82, 2.24) is 0 Å². The number of halogens is 4. The van der Waals surface area contributed by atoms with Crippen LogP contribution in [0.4, 0.5) is 18.9 Å². The maximum Gasteiger partial charge on any atom is 0.417 e. The van der Waals surface area contributed by atoms with Gasteiger partial charge in [0.2, 0.25) is 0 Å². The lowest BCUT2D eigenvalue weighted by Crippen LogP contribution is -2.37. The van der Waals surface area contributed by atoms with Crippen LogP contribution in [0.15, 0.2) is 23.2 Å². The summed E-state index contributed by atoms with van der Waals surface area (Å²) in [4.78, 5) is 16.9. The Balaban J connectivity index is 2.08. The fourth-order valence-corrected chi connectivity index (χ4v) is 7.12. The second kappa shape index (κ2) is 7.00. The molecule has 144 valence electrons. The number of rotatable bonds is 2. The highest BCUT2D eigenvalue weighted by atomic mass is 35.5. The normalized spacial score (nSPS) is 25.4. The number of benzene rings is 1. The van der Waals surface area contributed by atoms with E-state index in [4.69, 9.17) is 16.9 Å². The van der Waals surface area contributed by atoms with Crippen molar-refractivity contribution in [2.45, 2.75) is 23.9 Å². The lowest BCUT2D eigenvalue weighted by atomic mass is 10.1. The van der Waals surface area contributed by atoms with Gasteiger partial charge in [-0.05, 0) is 18.2 Å². The number of nitriles is 1. The monoisotopic (exact) mass is 437 g/mol. The fraction of sp³-hybridized carbons (Fsp3) is 0.400. The summed E-state index contributed by atoms with van der Waals surface area (Å²) in [6.07, 6.45) is -5.19. The summed E-state index contributed by atoms with van der Waals surface area (Å²) >= 11 is 6.66. The summed E-state index contributed by atoms with van der Waals surface area (Å²) in [5, 5.41) is 7.72. The number of aliphatic imine (C=N–C) groups is 1. The SMILES string of the molecule is N#CCC(=O)N=C1S[C@@H]2CS(=O)(=O)C[C@@H]2N1c1ccc(Cl)c(C(F)(F)F)c1. The second-order valence-corrected chi connectivity index (χ2v) is 9.72. The van der Waals surface area contributed by atoms with Crippen LogP contribution in [0.5, 0.6) is 0 Å². The molecule has 2 fully saturated rings. The van der Waals surface area contributed by atoms with Crippen molar-refractivity contribution in [3.63, 3.8) is 0 Å². The zero-order chi connectivity index (χ0) is 20.0. The first-order chi connectivity index (χ1) is 12.5. The van der Waals surface area contributed by atoms with Gasteiger partial charge in [-0.25, -0.2) is 8.42 Å². The number of carbonyl (C=O) groups excluding carboxylic acids is 1. The number of carbonyl (C=O) groups is 1. The van der Waals surface area contributed by atoms with Crippen LogP contribution in [0.2, 0.25) is 5.02 Å². The number of hydrogen-bond donors (Lipinski definition) is 0. The summed E-state index contributed by atoms with van der Waals surface area (Å²) in [7, 11) is -3.36. The van der Waals surface area contributed by atoms with Gasteiger partial charge in [0, 0.05) is 10.9 Å². The molecule has 2 aliphatic rings. The first-order valence-electron chi connectivity index (χ1n) is 7.53. The number of nitrogens with zero attached hydrogens (tertiary/aromatic N) is 3. The van der Waals surface area contributed by atoms with Crippen molar-refractivity contribution in [2.75, 3.05) is 16.4 Å².